The molecule has 2 heterocycles. The number of hydrogen-bond acceptors (Lipinski definition) is 5. The first-order valence-corrected chi connectivity index (χ1v) is 7.94. The number of anilines is 1. The fourth-order valence-corrected chi connectivity index (χ4v) is 3.56. The van der Waals surface area contributed by atoms with Crippen LogP contribution in [0.3, 0.4) is 0 Å². The van der Waals surface area contributed by atoms with Gasteiger partial charge in [0.15, 0.2) is 0 Å². The van der Waals surface area contributed by atoms with Crippen LogP contribution < -0.4 is 10.1 Å². The third-order valence-corrected chi connectivity index (χ3v) is 4.51. The number of rotatable bonds is 3. The summed E-state index contributed by atoms with van der Waals surface area (Å²) in [4.78, 5) is 12.1. The summed E-state index contributed by atoms with van der Waals surface area (Å²) >= 11 is 1.10. The number of halogens is 2. The van der Waals surface area contributed by atoms with Crippen LogP contribution in [-0.4, -0.2) is 21.3 Å². The molecule has 1 aliphatic rings. The van der Waals surface area contributed by atoms with Gasteiger partial charge in [0.05, 0.1) is 11.7 Å². The van der Waals surface area contributed by atoms with Gasteiger partial charge in [-0.1, -0.05) is 12.1 Å². The van der Waals surface area contributed by atoms with Gasteiger partial charge in [0.25, 0.3) is 0 Å². The van der Waals surface area contributed by atoms with Crippen molar-refractivity contribution in [1.82, 2.24) is 8.75 Å². The lowest BCUT2D eigenvalue weighted by atomic mass is 9.84. The number of amides is 1. The zero-order valence-electron chi connectivity index (χ0n) is 12.2. The third kappa shape index (κ3) is 2.58. The molecule has 0 radical (unpaired) electrons. The van der Waals surface area contributed by atoms with Crippen molar-refractivity contribution < 1.29 is 18.3 Å². The summed E-state index contributed by atoms with van der Waals surface area (Å²) in [7, 11) is 0. The first-order chi connectivity index (χ1) is 11.6. The summed E-state index contributed by atoms with van der Waals surface area (Å²) in [6.45, 7) is -2.89. The van der Waals surface area contributed by atoms with Crippen LogP contribution in [0.25, 0.3) is 11.0 Å². The first kappa shape index (κ1) is 14.9. The maximum absolute atomic E-state index is 12.5. The van der Waals surface area contributed by atoms with Gasteiger partial charge in [0.1, 0.15) is 16.8 Å². The lowest BCUT2D eigenvalue weighted by molar-refractivity contribution is -0.116. The van der Waals surface area contributed by atoms with E-state index in [4.69, 9.17) is 0 Å². The lowest BCUT2D eigenvalue weighted by Gasteiger charge is -2.26. The average Bonchev–Trinajstić information content (AvgIpc) is 3.02. The highest BCUT2D eigenvalue weighted by Gasteiger charge is 2.30. The molecule has 24 heavy (non-hydrogen) atoms. The fourth-order valence-electron chi connectivity index (χ4n) is 3.01. The summed E-state index contributed by atoms with van der Waals surface area (Å²) in [6.07, 6.45) is 0.210. The Labute approximate surface area is 139 Å². The molecule has 8 heteroatoms. The molecule has 1 amide bonds. The number of aromatic nitrogens is 2. The number of nitrogens with one attached hydrogen (secondary N) is 1. The molecular formula is C16H11F2N3O2S. The Balaban J connectivity index is 1.85. The number of fused-ring (bicyclic) bond motifs is 3. The van der Waals surface area contributed by atoms with E-state index in [2.05, 4.69) is 18.8 Å². The summed E-state index contributed by atoms with van der Waals surface area (Å²) in [6, 6.07) is 10.0. The molecule has 1 aromatic heterocycles. The number of benzene rings is 2. The second-order valence-corrected chi connectivity index (χ2v) is 5.94. The molecule has 1 aliphatic heterocycles. The molecule has 0 saturated carbocycles. The van der Waals surface area contributed by atoms with Crippen molar-refractivity contribution >= 4 is 34.4 Å². The Hall–Kier alpha value is -2.61. The highest BCUT2D eigenvalue weighted by molar-refractivity contribution is 7.00. The molecule has 5 nitrogen and oxygen atoms in total. The largest absolute Gasteiger partial charge is 0.435 e. The first-order valence-electron chi connectivity index (χ1n) is 7.21. The highest BCUT2D eigenvalue weighted by atomic mass is 32.1. The molecule has 0 spiro atoms. The van der Waals surface area contributed by atoms with Crippen molar-refractivity contribution in [3.8, 4) is 5.75 Å². The molecule has 1 atom stereocenters. The van der Waals surface area contributed by atoms with Gasteiger partial charge in [-0.2, -0.15) is 17.5 Å². The van der Waals surface area contributed by atoms with Crippen LogP contribution in [0, 0.1) is 0 Å². The summed E-state index contributed by atoms with van der Waals surface area (Å²) in [5.74, 6) is -0.351. The average molecular weight is 347 g/mol. The van der Waals surface area contributed by atoms with Gasteiger partial charge in [0, 0.05) is 23.6 Å². The minimum atomic E-state index is -2.89. The second kappa shape index (κ2) is 5.79. The number of carbonyl (C=O) groups excluding carboxylic acids is 1. The third-order valence-electron chi connectivity index (χ3n) is 3.96. The molecule has 0 aliphatic carbocycles. The SMILES string of the molecule is O=C1C[C@H](c2cccc(OC(F)F)c2)c2c(ccc3nsnc23)N1. The van der Waals surface area contributed by atoms with E-state index in [0.29, 0.717) is 5.69 Å². The molecular weight excluding hydrogens is 336 g/mol. The zero-order chi connectivity index (χ0) is 16.7. The maximum atomic E-state index is 12.5. The van der Waals surface area contributed by atoms with Crippen molar-refractivity contribution in [2.24, 2.45) is 0 Å². The fraction of sp³-hybridized carbons (Fsp3) is 0.188. The minimum absolute atomic E-state index is 0.0682. The predicted octanol–water partition coefficient (Wildman–Crippen LogP) is 3.77. The Bertz CT molecular complexity index is 929. The Morgan fingerprint density at radius 1 is 1.25 bits per heavy atom. The van der Waals surface area contributed by atoms with Crippen LogP contribution in [0.1, 0.15) is 23.5 Å². The number of ether oxygens (including phenoxy) is 1. The summed E-state index contributed by atoms with van der Waals surface area (Å²) in [5.41, 5.74) is 3.74. The monoisotopic (exact) mass is 347 g/mol. The maximum Gasteiger partial charge on any atom is 0.387 e. The number of nitrogens with zero attached hydrogens (tertiary/aromatic N) is 2. The quantitative estimate of drug-likeness (QED) is 0.783. The molecule has 0 unspecified atom stereocenters. The molecule has 1 N–H and O–H groups in total. The molecule has 3 aromatic rings. The Kier molecular flexibility index (Phi) is 3.61. The predicted molar refractivity (Wildman–Crippen MR) is 85.6 cm³/mol. The van der Waals surface area contributed by atoms with Crippen molar-refractivity contribution in [2.75, 3.05) is 5.32 Å². The van der Waals surface area contributed by atoms with Crippen LogP contribution in [-0.2, 0) is 4.79 Å². The highest BCUT2D eigenvalue weighted by Crippen LogP contribution is 2.41. The minimum Gasteiger partial charge on any atom is -0.435 e. The molecule has 4 rings (SSSR count). The molecule has 0 saturated heterocycles. The Morgan fingerprint density at radius 2 is 2.12 bits per heavy atom. The summed E-state index contributed by atoms with van der Waals surface area (Å²) in [5, 5.41) is 2.84. The van der Waals surface area contributed by atoms with E-state index < -0.39 is 6.61 Å². The van der Waals surface area contributed by atoms with Gasteiger partial charge in [-0.15, -0.1) is 0 Å². The second-order valence-electron chi connectivity index (χ2n) is 5.41. The smallest absolute Gasteiger partial charge is 0.387 e. The molecule has 2 aromatic carbocycles. The topological polar surface area (TPSA) is 64.1 Å². The molecule has 122 valence electrons. The van der Waals surface area contributed by atoms with Gasteiger partial charge in [-0.3, -0.25) is 4.79 Å². The lowest BCUT2D eigenvalue weighted by Crippen LogP contribution is -2.23. The van der Waals surface area contributed by atoms with E-state index in [0.717, 1.165) is 33.9 Å². The van der Waals surface area contributed by atoms with Gasteiger partial charge in [-0.05, 0) is 29.8 Å². The van der Waals surface area contributed by atoms with Crippen molar-refractivity contribution in [1.29, 1.82) is 0 Å². The number of hydrogen-bond donors (Lipinski definition) is 1. The van der Waals surface area contributed by atoms with E-state index in [1.165, 1.54) is 12.1 Å². The van der Waals surface area contributed by atoms with Crippen LogP contribution in [0.2, 0.25) is 0 Å². The van der Waals surface area contributed by atoms with E-state index in [9.17, 15) is 13.6 Å². The number of alkyl halides is 2. The van der Waals surface area contributed by atoms with E-state index >= 15 is 0 Å². The molecule has 0 fully saturated rings. The van der Waals surface area contributed by atoms with Crippen LogP contribution in [0.5, 0.6) is 5.75 Å². The van der Waals surface area contributed by atoms with Crippen LogP contribution in [0.15, 0.2) is 36.4 Å². The van der Waals surface area contributed by atoms with E-state index in [1.807, 2.05) is 0 Å². The van der Waals surface area contributed by atoms with Crippen molar-refractivity contribution in [3.05, 3.63) is 47.5 Å². The number of carbonyl (C=O) groups is 1. The summed E-state index contributed by atoms with van der Waals surface area (Å²) < 4.78 is 37.9. The van der Waals surface area contributed by atoms with Crippen molar-refractivity contribution in [3.63, 3.8) is 0 Å². The normalized spacial score (nSPS) is 17.0. The van der Waals surface area contributed by atoms with E-state index in [-0.39, 0.29) is 24.0 Å². The van der Waals surface area contributed by atoms with Gasteiger partial charge >= 0.3 is 6.61 Å². The molecule has 0 bridgehead atoms. The van der Waals surface area contributed by atoms with Crippen molar-refractivity contribution in [2.45, 2.75) is 19.0 Å². The standard InChI is InChI=1S/C16H11F2N3O2S/c17-16(18)23-9-3-1-2-8(6-9)10-7-13(22)19-11-4-5-12-15(14(10)11)21-24-20-12/h1-6,10,16H,7H2,(H,19,22)/t10-/m1/s1. The van der Waals surface area contributed by atoms with E-state index in [1.54, 1.807) is 24.3 Å². The van der Waals surface area contributed by atoms with Crippen LogP contribution >= 0.6 is 11.7 Å². The Morgan fingerprint density at radius 3 is 2.96 bits per heavy atom. The van der Waals surface area contributed by atoms with Gasteiger partial charge < -0.3 is 10.1 Å². The zero-order valence-corrected chi connectivity index (χ0v) is 13.0. The van der Waals surface area contributed by atoms with Gasteiger partial charge in [0.2, 0.25) is 5.91 Å². The van der Waals surface area contributed by atoms with Gasteiger partial charge in [-0.25, -0.2) is 0 Å². The van der Waals surface area contributed by atoms with Crippen LogP contribution in [0.4, 0.5) is 14.5 Å².